The van der Waals surface area contributed by atoms with Gasteiger partial charge in [-0.1, -0.05) is 25.1 Å². The van der Waals surface area contributed by atoms with Gasteiger partial charge in [0.25, 0.3) is 0 Å². The third-order valence-electron chi connectivity index (χ3n) is 3.03. The molecule has 21 heavy (non-hydrogen) atoms. The van der Waals surface area contributed by atoms with Gasteiger partial charge in [-0.05, 0) is 40.7 Å². The van der Waals surface area contributed by atoms with E-state index in [0.717, 1.165) is 22.0 Å². The van der Waals surface area contributed by atoms with E-state index < -0.39 is 11.6 Å². The molecule has 0 saturated carbocycles. The Labute approximate surface area is 136 Å². The van der Waals surface area contributed by atoms with Crippen molar-refractivity contribution in [3.05, 3.63) is 64.1 Å². The maximum atomic E-state index is 13.9. The fraction of sp³-hybridized carbons (Fsp3) is 0.250. The van der Waals surface area contributed by atoms with Crippen LogP contribution in [0, 0.1) is 11.6 Å². The third-order valence-corrected chi connectivity index (χ3v) is 5.15. The second kappa shape index (κ2) is 7.92. The van der Waals surface area contributed by atoms with E-state index in [1.165, 1.54) is 12.1 Å². The average molecular weight is 372 g/mol. The van der Waals surface area contributed by atoms with Crippen LogP contribution in [0.25, 0.3) is 0 Å². The molecule has 0 aliphatic rings. The molecule has 0 heterocycles. The monoisotopic (exact) mass is 371 g/mol. The van der Waals surface area contributed by atoms with Gasteiger partial charge >= 0.3 is 0 Å². The summed E-state index contributed by atoms with van der Waals surface area (Å²) in [5.41, 5.74) is 0.498. The smallest absolute Gasteiger partial charge is 0.130 e. The molecule has 1 unspecified atom stereocenters. The molecule has 2 aromatic carbocycles. The van der Waals surface area contributed by atoms with Gasteiger partial charge in [0.1, 0.15) is 11.6 Å². The zero-order valence-electron chi connectivity index (χ0n) is 11.6. The molecule has 0 saturated heterocycles. The van der Waals surface area contributed by atoms with Gasteiger partial charge in [-0.3, -0.25) is 0 Å². The third kappa shape index (κ3) is 4.53. The van der Waals surface area contributed by atoms with E-state index in [2.05, 4.69) is 21.2 Å². The zero-order valence-corrected chi connectivity index (χ0v) is 14.0. The van der Waals surface area contributed by atoms with Gasteiger partial charge in [-0.15, -0.1) is 11.8 Å². The van der Waals surface area contributed by atoms with Gasteiger partial charge in [0.05, 0.1) is 0 Å². The minimum absolute atomic E-state index is 0.160. The second-order valence-electron chi connectivity index (χ2n) is 4.52. The van der Waals surface area contributed by atoms with Crippen LogP contribution < -0.4 is 5.32 Å². The van der Waals surface area contributed by atoms with Crippen LogP contribution >= 0.6 is 27.7 Å². The number of rotatable bonds is 6. The van der Waals surface area contributed by atoms with Crippen LogP contribution in [-0.4, -0.2) is 12.3 Å². The first-order chi connectivity index (χ1) is 10.1. The highest BCUT2D eigenvalue weighted by Crippen LogP contribution is 2.31. The first-order valence-corrected chi connectivity index (χ1v) is 8.45. The van der Waals surface area contributed by atoms with Crippen LogP contribution in [-0.2, 0) is 0 Å². The highest BCUT2D eigenvalue weighted by atomic mass is 79.9. The fourth-order valence-electron chi connectivity index (χ4n) is 2.02. The van der Waals surface area contributed by atoms with E-state index in [4.69, 9.17) is 0 Å². The highest BCUT2D eigenvalue weighted by Gasteiger charge is 2.16. The van der Waals surface area contributed by atoms with Gasteiger partial charge in [-0.2, -0.15) is 0 Å². The SMILES string of the molecule is CCNC(CSc1ccccc1Br)c1ccc(F)cc1F. The van der Waals surface area contributed by atoms with E-state index in [-0.39, 0.29) is 6.04 Å². The van der Waals surface area contributed by atoms with E-state index in [9.17, 15) is 8.78 Å². The quantitative estimate of drug-likeness (QED) is 0.702. The molecule has 0 bridgehead atoms. The molecule has 1 atom stereocenters. The lowest BCUT2D eigenvalue weighted by Crippen LogP contribution is -2.24. The predicted octanol–water partition coefficient (Wildman–Crippen LogP) is 5.17. The molecule has 112 valence electrons. The summed E-state index contributed by atoms with van der Waals surface area (Å²) in [6.07, 6.45) is 0. The number of benzene rings is 2. The molecular formula is C16H16BrF2NS. The first-order valence-electron chi connectivity index (χ1n) is 6.67. The topological polar surface area (TPSA) is 12.0 Å². The van der Waals surface area contributed by atoms with Gasteiger partial charge in [0.2, 0.25) is 0 Å². The van der Waals surface area contributed by atoms with E-state index >= 15 is 0 Å². The molecule has 2 aromatic rings. The zero-order chi connectivity index (χ0) is 15.2. The minimum Gasteiger partial charge on any atom is -0.309 e. The molecule has 0 aliphatic carbocycles. The molecule has 0 radical (unpaired) electrons. The number of hydrogen-bond donors (Lipinski definition) is 1. The van der Waals surface area contributed by atoms with Crippen molar-refractivity contribution in [2.24, 2.45) is 0 Å². The molecule has 1 N–H and O–H groups in total. The standard InChI is InChI=1S/C16H16BrF2NS/c1-2-20-15(12-8-7-11(18)9-14(12)19)10-21-16-6-4-3-5-13(16)17/h3-9,15,20H,2,10H2,1H3. The number of thioether (sulfide) groups is 1. The van der Waals surface area contributed by atoms with Crippen molar-refractivity contribution in [3.8, 4) is 0 Å². The van der Waals surface area contributed by atoms with Crippen molar-refractivity contribution in [1.29, 1.82) is 0 Å². The molecule has 5 heteroatoms. The predicted molar refractivity (Wildman–Crippen MR) is 87.6 cm³/mol. The summed E-state index contributed by atoms with van der Waals surface area (Å²) in [4.78, 5) is 1.10. The fourth-order valence-corrected chi connectivity index (χ4v) is 3.68. The van der Waals surface area contributed by atoms with Crippen molar-refractivity contribution < 1.29 is 8.78 Å². The Morgan fingerprint density at radius 2 is 1.95 bits per heavy atom. The molecule has 0 aromatic heterocycles. The molecule has 0 amide bonds. The number of hydrogen-bond acceptors (Lipinski definition) is 2. The normalized spacial score (nSPS) is 12.4. The summed E-state index contributed by atoms with van der Waals surface area (Å²) in [7, 11) is 0. The first kappa shape index (κ1) is 16.5. The van der Waals surface area contributed by atoms with E-state index in [0.29, 0.717) is 11.3 Å². The second-order valence-corrected chi connectivity index (χ2v) is 6.43. The molecule has 0 aliphatic heterocycles. The van der Waals surface area contributed by atoms with Crippen LogP contribution in [0.15, 0.2) is 51.8 Å². The van der Waals surface area contributed by atoms with Crippen molar-refractivity contribution in [1.82, 2.24) is 5.32 Å². The number of halogens is 3. The summed E-state index contributed by atoms with van der Waals surface area (Å²) >= 11 is 5.13. The van der Waals surface area contributed by atoms with Crippen LogP contribution in [0.3, 0.4) is 0 Å². The van der Waals surface area contributed by atoms with E-state index in [1.807, 2.05) is 31.2 Å². The lowest BCUT2D eigenvalue weighted by molar-refractivity contribution is 0.531. The van der Waals surface area contributed by atoms with Crippen molar-refractivity contribution in [3.63, 3.8) is 0 Å². The van der Waals surface area contributed by atoms with Crippen molar-refractivity contribution in [2.45, 2.75) is 17.9 Å². The van der Waals surface area contributed by atoms with Gasteiger partial charge in [-0.25, -0.2) is 8.78 Å². The lowest BCUT2D eigenvalue weighted by Gasteiger charge is -2.19. The summed E-state index contributed by atoms with van der Waals surface area (Å²) in [5.74, 6) is -0.391. The van der Waals surface area contributed by atoms with Crippen LogP contribution in [0.5, 0.6) is 0 Å². The Morgan fingerprint density at radius 3 is 2.62 bits per heavy atom. The summed E-state index contributed by atoms with van der Waals surface area (Å²) in [6.45, 7) is 2.69. The van der Waals surface area contributed by atoms with Gasteiger partial charge in [0.15, 0.2) is 0 Å². The lowest BCUT2D eigenvalue weighted by atomic mass is 10.1. The van der Waals surface area contributed by atoms with Gasteiger partial charge in [0, 0.05) is 32.8 Å². The van der Waals surface area contributed by atoms with Crippen LogP contribution in [0.4, 0.5) is 8.78 Å². The largest absolute Gasteiger partial charge is 0.309 e. The minimum atomic E-state index is -0.551. The van der Waals surface area contributed by atoms with Crippen LogP contribution in [0.2, 0.25) is 0 Å². The number of nitrogens with one attached hydrogen (secondary N) is 1. The maximum Gasteiger partial charge on any atom is 0.130 e. The van der Waals surface area contributed by atoms with Crippen LogP contribution in [0.1, 0.15) is 18.5 Å². The van der Waals surface area contributed by atoms with Gasteiger partial charge < -0.3 is 5.32 Å². The molecular weight excluding hydrogens is 356 g/mol. The molecule has 1 nitrogen and oxygen atoms in total. The van der Waals surface area contributed by atoms with Crippen molar-refractivity contribution in [2.75, 3.05) is 12.3 Å². The Bertz CT molecular complexity index is 607. The summed E-state index contributed by atoms with van der Waals surface area (Å²) in [6, 6.07) is 11.5. The van der Waals surface area contributed by atoms with Crippen molar-refractivity contribution >= 4 is 27.7 Å². The summed E-state index contributed by atoms with van der Waals surface area (Å²) in [5, 5.41) is 3.25. The molecule has 0 spiro atoms. The maximum absolute atomic E-state index is 13.9. The average Bonchev–Trinajstić information content (AvgIpc) is 2.45. The Morgan fingerprint density at radius 1 is 1.19 bits per heavy atom. The Hall–Kier alpha value is -0.910. The molecule has 0 fully saturated rings. The molecule has 2 rings (SSSR count). The Balaban J connectivity index is 2.14. The summed E-state index contributed by atoms with van der Waals surface area (Å²) < 4.78 is 28.0. The Kier molecular flexibility index (Phi) is 6.21. The van der Waals surface area contributed by atoms with E-state index in [1.54, 1.807) is 11.8 Å². The highest BCUT2D eigenvalue weighted by molar-refractivity contribution is 9.10.